The molecule has 0 aliphatic rings. The van der Waals surface area contributed by atoms with Crippen LogP contribution in [0.4, 0.5) is 15.8 Å². The van der Waals surface area contributed by atoms with Crippen molar-refractivity contribution in [1.29, 1.82) is 0 Å². The molecule has 0 saturated heterocycles. The molecular weight excluding hydrogens is 561 g/mol. The van der Waals surface area contributed by atoms with Gasteiger partial charge in [0.15, 0.2) is 0 Å². The molecule has 0 aliphatic carbocycles. The molecule has 0 aromatic heterocycles. The quantitative estimate of drug-likeness (QED) is 0.133. The molecule has 0 bridgehead atoms. The molecule has 208 valence electrons. The van der Waals surface area contributed by atoms with Crippen molar-refractivity contribution in [2.75, 3.05) is 10.6 Å². The second-order valence-electron chi connectivity index (χ2n) is 8.90. The molecule has 0 spiro atoms. The second kappa shape index (κ2) is 14.3. The van der Waals surface area contributed by atoms with Gasteiger partial charge in [-0.3, -0.25) is 14.4 Å². The van der Waals surface area contributed by atoms with Crippen molar-refractivity contribution in [2.45, 2.75) is 23.5 Å². The highest BCUT2D eigenvalue weighted by molar-refractivity contribution is 8.00. The van der Waals surface area contributed by atoms with Crippen LogP contribution in [0.2, 0.25) is 5.02 Å². The number of thioether (sulfide) groups is 1. The average Bonchev–Trinajstić information content (AvgIpc) is 2.98. The third-order valence-corrected chi connectivity index (χ3v) is 7.56. The number of amides is 3. The van der Waals surface area contributed by atoms with Crippen LogP contribution in [0.5, 0.6) is 0 Å². The molecule has 9 heteroatoms. The summed E-state index contributed by atoms with van der Waals surface area (Å²) in [5, 5.41) is 8.39. The van der Waals surface area contributed by atoms with Gasteiger partial charge < -0.3 is 16.0 Å². The maximum Gasteiger partial charge on any atom is 0.272 e. The van der Waals surface area contributed by atoms with Gasteiger partial charge in [-0.15, -0.1) is 11.8 Å². The Kier molecular flexibility index (Phi) is 10.3. The molecule has 4 aromatic rings. The van der Waals surface area contributed by atoms with Crippen molar-refractivity contribution in [1.82, 2.24) is 5.32 Å². The lowest BCUT2D eigenvalue weighted by Crippen LogP contribution is -2.30. The van der Waals surface area contributed by atoms with Crippen LogP contribution in [-0.4, -0.2) is 23.0 Å². The summed E-state index contributed by atoms with van der Waals surface area (Å²) in [5.41, 5.74) is 1.90. The number of para-hydroxylation sites is 1. The van der Waals surface area contributed by atoms with Crippen molar-refractivity contribution in [3.63, 3.8) is 0 Å². The summed E-state index contributed by atoms with van der Waals surface area (Å²) in [4.78, 5) is 39.9. The zero-order valence-electron chi connectivity index (χ0n) is 22.1. The zero-order chi connectivity index (χ0) is 29.2. The molecule has 1 atom stereocenters. The highest BCUT2D eigenvalue weighted by Gasteiger charge is 2.20. The highest BCUT2D eigenvalue weighted by atomic mass is 35.5. The Bertz CT molecular complexity index is 1560. The Labute approximate surface area is 247 Å². The van der Waals surface area contributed by atoms with E-state index in [1.165, 1.54) is 42.1 Å². The fourth-order valence-electron chi connectivity index (χ4n) is 3.78. The molecule has 41 heavy (non-hydrogen) atoms. The standard InChI is InChI=1S/C32H27ClFN3O3S/c1-2-29(32(40)36-27-14-7-6-13-26(27)33)41-25-12-8-11-24(20-25)35-31(39)28(19-21-15-17-23(34)18-16-21)37-30(38)22-9-4-3-5-10-22/h3-20,29H,2H2,1H3,(H,35,39)(H,36,40)(H,37,38)/b28-19-. The number of anilines is 2. The lowest BCUT2D eigenvalue weighted by molar-refractivity contribution is -0.116. The Morgan fingerprint density at radius 1 is 0.878 bits per heavy atom. The van der Waals surface area contributed by atoms with Gasteiger partial charge in [-0.1, -0.05) is 67.1 Å². The smallest absolute Gasteiger partial charge is 0.272 e. The summed E-state index contributed by atoms with van der Waals surface area (Å²) in [6, 6.07) is 28.2. The lowest BCUT2D eigenvalue weighted by Gasteiger charge is -2.16. The molecule has 3 N–H and O–H groups in total. The first kappa shape index (κ1) is 29.6. The Hall–Kier alpha value is -4.40. The van der Waals surface area contributed by atoms with Gasteiger partial charge in [0.05, 0.1) is 16.0 Å². The van der Waals surface area contributed by atoms with Gasteiger partial charge in [-0.2, -0.15) is 0 Å². The molecule has 4 rings (SSSR count). The number of rotatable bonds is 10. The first-order chi connectivity index (χ1) is 19.8. The first-order valence-electron chi connectivity index (χ1n) is 12.8. The first-order valence-corrected chi connectivity index (χ1v) is 14.0. The normalized spacial score (nSPS) is 11.8. The SMILES string of the molecule is CCC(Sc1cccc(NC(=O)/C(=C/c2ccc(F)cc2)NC(=O)c2ccccc2)c1)C(=O)Nc1ccccc1Cl. The monoisotopic (exact) mass is 587 g/mol. The van der Waals surface area contributed by atoms with E-state index in [2.05, 4.69) is 16.0 Å². The van der Waals surface area contributed by atoms with E-state index in [4.69, 9.17) is 11.6 Å². The maximum absolute atomic E-state index is 13.4. The van der Waals surface area contributed by atoms with Gasteiger partial charge in [0, 0.05) is 16.1 Å². The van der Waals surface area contributed by atoms with Crippen molar-refractivity contribution >= 4 is 58.5 Å². The molecule has 4 aromatic carbocycles. The van der Waals surface area contributed by atoms with E-state index in [1.807, 2.05) is 13.0 Å². The van der Waals surface area contributed by atoms with Crippen LogP contribution in [0.15, 0.2) is 114 Å². The molecule has 0 saturated carbocycles. The number of carbonyl (C=O) groups is 3. The van der Waals surface area contributed by atoms with Crippen LogP contribution in [-0.2, 0) is 9.59 Å². The average molecular weight is 588 g/mol. The third-order valence-electron chi connectivity index (χ3n) is 5.88. The number of nitrogens with one attached hydrogen (secondary N) is 3. The van der Waals surface area contributed by atoms with Crippen LogP contribution in [0.25, 0.3) is 6.08 Å². The molecule has 1 unspecified atom stereocenters. The van der Waals surface area contributed by atoms with E-state index in [0.29, 0.717) is 33.9 Å². The minimum absolute atomic E-state index is 0.0194. The topological polar surface area (TPSA) is 87.3 Å². The maximum atomic E-state index is 13.4. The van der Waals surface area contributed by atoms with Crippen LogP contribution in [0.3, 0.4) is 0 Å². The number of halogens is 2. The summed E-state index contributed by atoms with van der Waals surface area (Å²) in [6.07, 6.45) is 2.04. The molecule has 0 radical (unpaired) electrons. The Balaban J connectivity index is 1.50. The number of hydrogen-bond donors (Lipinski definition) is 3. The van der Waals surface area contributed by atoms with Crippen molar-refractivity contribution in [2.24, 2.45) is 0 Å². The van der Waals surface area contributed by atoms with Crippen LogP contribution in [0, 0.1) is 5.82 Å². The Morgan fingerprint density at radius 3 is 2.29 bits per heavy atom. The fraction of sp³-hybridized carbons (Fsp3) is 0.0938. The largest absolute Gasteiger partial charge is 0.324 e. The van der Waals surface area contributed by atoms with Crippen LogP contribution < -0.4 is 16.0 Å². The molecular formula is C32H27ClFN3O3S. The summed E-state index contributed by atoms with van der Waals surface area (Å²) in [6.45, 7) is 1.91. The predicted octanol–water partition coefficient (Wildman–Crippen LogP) is 7.40. The second-order valence-corrected chi connectivity index (χ2v) is 10.6. The highest BCUT2D eigenvalue weighted by Crippen LogP contribution is 2.30. The van der Waals surface area contributed by atoms with Crippen molar-refractivity contribution < 1.29 is 18.8 Å². The Morgan fingerprint density at radius 2 is 1.59 bits per heavy atom. The van der Waals surface area contributed by atoms with Crippen molar-refractivity contribution in [3.8, 4) is 0 Å². The fourth-order valence-corrected chi connectivity index (χ4v) is 4.97. The molecule has 3 amide bonds. The summed E-state index contributed by atoms with van der Waals surface area (Å²) >= 11 is 7.54. The van der Waals surface area contributed by atoms with Gasteiger partial charge in [-0.25, -0.2) is 4.39 Å². The van der Waals surface area contributed by atoms with Crippen molar-refractivity contribution in [3.05, 3.63) is 131 Å². The minimum Gasteiger partial charge on any atom is -0.324 e. The molecule has 0 aliphatic heterocycles. The van der Waals surface area contributed by atoms with Gasteiger partial charge in [0.1, 0.15) is 11.5 Å². The molecule has 0 fully saturated rings. The van der Waals surface area contributed by atoms with E-state index in [0.717, 1.165) is 4.90 Å². The van der Waals surface area contributed by atoms with Gasteiger partial charge in [0.25, 0.3) is 11.8 Å². The van der Waals surface area contributed by atoms with E-state index in [9.17, 15) is 18.8 Å². The minimum atomic E-state index is -0.565. The number of benzene rings is 4. The third kappa shape index (κ3) is 8.54. The predicted molar refractivity (Wildman–Crippen MR) is 163 cm³/mol. The summed E-state index contributed by atoms with van der Waals surface area (Å²) in [7, 11) is 0. The summed E-state index contributed by atoms with van der Waals surface area (Å²) < 4.78 is 13.4. The molecule has 6 nitrogen and oxygen atoms in total. The lowest BCUT2D eigenvalue weighted by atomic mass is 10.1. The van der Waals surface area contributed by atoms with E-state index >= 15 is 0 Å². The zero-order valence-corrected chi connectivity index (χ0v) is 23.6. The van der Waals surface area contributed by atoms with E-state index in [1.54, 1.807) is 72.8 Å². The number of carbonyl (C=O) groups excluding carboxylic acids is 3. The molecule has 0 heterocycles. The van der Waals surface area contributed by atoms with Gasteiger partial charge in [0.2, 0.25) is 5.91 Å². The van der Waals surface area contributed by atoms with Crippen LogP contribution in [0.1, 0.15) is 29.3 Å². The van der Waals surface area contributed by atoms with E-state index < -0.39 is 22.9 Å². The van der Waals surface area contributed by atoms with Crippen LogP contribution >= 0.6 is 23.4 Å². The van der Waals surface area contributed by atoms with Gasteiger partial charge >= 0.3 is 0 Å². The van der Waals surface area contributed by atoms with Gasteiger partial charge in [-0.05, 0) is 72.7 Å². The summed E-state index contributed by atoms with van der Waals surface area (Å²) in [5.74, 6) is -1.63. The number of hydrogen-bond acceptors (Lipinski definition) is 4. The van der Waals surface area contributed by atoms with E-state index in [-0.39, 0.29) is 11.6 Å².